The Morgan fingerprint density at radius 3 is 2.53 bits per heavy atom. The van der Waals surface area contributed by atoms with Crippen LogP contribution in [-0.2, 0) is 7.05 Å². The van der Waals surface area contributed by atoms with Crippen molar-refractivity contribution in [2.45, 2.75) is 51.5 Å². The van der Waals surface area contributed by atoms with Crippen molar-refractivity contribution < 1.29 is 4.79 Å². The predicted octanol–water partition coefficient (Wildman–Crippen LogP) is 2.18. The summed E-state index contributed by atoms with van der Waals surface area (Å²) in [7, 11) is 1.84. The van der Waals surface area contributed by atoms with Gasteiger partial charge in [-0.2, -0.15) is 5.10 Å². The van der Waals surface area contributed by atoms with Gasteiger partial charge in [0.05, 0.1) is 0 Å². The Morgan fingerprint density at radius 2 is 2.00 bits per heavy atom. The summed E-state index contributed by atoms with van der Waals surface area (Å²) in [6, 6.07) is 0.339. The van der Waals surface area contributed by atoms with Crippen LogP contribution in [-0.4, -0.2) is 21.7 Å². The molecule has 1 aliphatic carbocycles. The van der Waals surface area contributed by atoms with Gasteiger partial charge in [-0.05, 0) is 19.8 Å². The standard InChI is InChI=1S/C13H21N3O/c1-10-9-16(2)15-12(10)13(17)14-11-7-5-3-4-6-8-11/h9,11H,3-8H2,1-2H3,(H,14,17). The Kier molecular flexibility index (Phi) is 3.82. The molecule has 0 radical (unpaired) electrons. The summed E-state index contributed by atoms with van der Waals surface area (Å²) in [5, 5.41) is 7.32. The van der Waals surface area contributed by atoms with Crippen LogP contribution < -0.4 is 5.32 Å². The third-order valence-electron chi connectivity index (χ3n) is 3.42. The van der Waals surface area contributed by atoms with E-state index < -0.39 is 0 Å². The minimum atomic E-state index is -0.0185. The second-order valence-corrected chi connectivity index (χ2v) is 5.00. The second-order valence-electron chi connectivity index (χ2n) is 5.00. The van der Waals surface area contributed by atoms with Gasteiger partial charge in [0, 0.05) is 24.8 Å². The van der Waals surface area contributed by atoms with Crippen LogP contribution in [0.1, 0.15) is 54.6 Å². The number of amides is 1. The van der Waals surface area contributed by atoms with E-state index in [1.807, 2.05) is 20.2 Å². The topological polar surface area (TPSA) is 46.9 Å². The summed E-state index contributed by atoms with van der Waals surface area (Å²) in [4.78, 5) is 12.1. The summed E-state index contributed by atoms with van der Waals surface area (Å²) < 4.78 is 1.69. The second kappa shape index (κ2) is 5.34. The van der Waals surface area contributed by atoms with E-state index >= 15 is 0 Å². The van der Waals surface area contributed by atoms with Crippen molar-refractivity contribution in [1.82, 2.24) is 15.1 Å². The monoisotopic (exact) mass is 235 g/mol. The highest BCUT2D eigenvalue weighted by molar-refractivity contribution is 5.93. The maximum Gasteiger partial charge on any atom is 0.272 e. The first kappa shape index (κ1) is 12.1. The van der Waals surface area contributed by atoms with E-state index in [1.165, 1.54) is 25.7 Å². The van der Waals surface area contributed by atoms with E-state index in [1.54, 1.807) is 4.68 Å². The minimum Gasteiger partial charge on any atom is -0.348 e. The van der Waals surface area contributed by atoms with Crippen molar-refractivity contribution in [1.29, 1.82) is 0 Å². The van der Waals surface area contributed by atoms with Crippen molar-refractivity contribution in [3.05, 3.63) is 17.5 Å². The van der Waals surface area contributed by atoms with E-state index in [4.69, 9.17) is 0 Å². The van der Waals surface area contributed by atoms with E-state index in [0.717, 1.165) is 18.4 Å². The first-order chi connectivity index (χ1) is 8.16. The number of aryl methyl sites for hydroxylation is 2. The molecule has 0 atom stereocenters. The van der Waals surface area contributed by atoms with Crippen molar-refractivity contribution in [3.8, 4) is 0 Å². The lowest BCUT2D eigenvalue weighted by molar-refractivity contribution is 0.0927. The smallest absolute Gasteiger partial charge is 0.272 e. The van der Waals surface area contributed by atoms with Gasteiger partial charge < -0.3 is 5.32 Å². The number of carbonyl (C=O) groups is 1. The van der Waals surface area contributed by atoms with Crippen molar-refractivity contribution in [2.24, 2.45) is 7.05 Å². The molecule has 1 fully saturated rings. The molecule has 1 aromatic rings. The molecule has 17 heavy (non-hydrogen) atoms. The maximum atomic E-state index is 12.1. The Balaban J connectivity index is 1.98. The van der Waals surface area contributed by atoms with Crippen LogP contribution in [0.25, 0.3) is 0 Å². The Labute approximate surface area is 102 Å². The lowest BCUT2D eigenvalue weighted by atomic mass is 10.1. The molecule has 0 aromatic carbocycles. The van der Waals surface area contributed by atoms with Crippen LogP contribution in [0.3, 0.4) is 0 Å². The molecule has 1 aliphatic rings. The fourth-order valence-corrected chi connectivity index (χ4v) is 2.51. The van der Waals surface area contributed by atoms with Crippen molar-refractivity contribution >= 4 is 5.91 Å². The number of hydrogen-bond donors (Lipinski definition) is 1. The van der Waals surface area contributed by atoms with Crippen molar-refractivity contribution in [2.75, 3.05) is 0 Å². The number of nitrogens with one attached hydrogen (secondary N) is 1. The van der Waals surface area contributed by atoms with Gasteiger partial charge in [0.2, 0.25) is 0 Å². The Morgan fingerprint density at radius 1 is 1.35 bits per heavy atom. The molecule has 0 unspecified atom stereocenters. The van der Waals surface area contributed by atoms with E-state index in [-0.39, 0.29) is 5.91 Å². The number of rotatable bonds is 2. The minimum absolute atomic E-state index is 0.0185. The largest absolute Gasteiger partial charge is 0.348 e. The first-order valence-electron chi connectivity index (χ1n) is 6.48. The molecule has 4 nitrogen and oxygen atoms in total. The molecule has 1 amide bonds. The van der Waals surface area contributed by atoms with Crippen LogP contribution >= 0.6 is 0 Å². The average Bonchev–Trinajstić information content (AvgIpc) is 2.51. The number of hydrogen-bond acceptors (Lipinski definition) is 2. The highest BCUT2D eigenvalue weighted by atomic mass is 16.2. The molecule has 0 bridgehead atoms. The maximum absolute atomic E-state index is 12.1. The third-order valence-corrected chi connectivity index (χ3v) is 3.42. The number of aromatic nitrogens is 2. The normalized spacial score (nSPS) is 17.8. The van der Waals surface area contributed by atoms with Crippen LogP contribution in [0, 0.1) is 6.92 Å². The lowest BCUT2D eigenvalue weighted by Gasteiger charge is -2.15. The van der Waals surface area contributed by atoms with Gasteiger partial charge in [-0.25, -0.2) is 0 Å². The van der Waals surface area contributed by atoms with Crippen LogP contribution in [0.5, 0.6) is 0 Å². The van der Waals surface area contributed by atoms with Gasteiger partial charge in [0.15, 0.2) is 5.69 Å². The van der Waals surface area contributed by atoms with Gasteiger partial charge in [-0.1, -0.05) is 25.7 Å². The number of nitrogens with zero attached hydrogens (tertiary/aromatic N) is 2. The zero-order valence-electron chi connectivity index (χ0n) is 10.7. The molecule has 1 heterocycles. The quantitative estimate of drug-likeness (QED) is 0.799. The van der Waals surface area contributed by atoms with Crippen molar-refractivity contribution in [3.63, 3.8) is 0 Å². The van der Waals surface area contributed by atoms with Gasteiger partial charge in [-0.3, -0.25) is 9.48 Å². The highest BCUT2D eigenvalue weighted by Gasteiger charge is 2.18. The third kappa shape index (κ3) is 3.08. The summed E-state index contributed by atoms with van der Waals surface area (Å²) >= 11 is 0. The molecule has 1 aromatic heterocycles. The molecule has 2 rings (SSSR count). The van der Waals surface area contributed by atoms with Crippen LogP contribution in [0.2, 0.25) is 0 Å². The zero-order chi connectivity index (χ0) is 12.3. The summed E-state index contributed by atoms with van der Waals surface area (Å²) in [5.41, 5.74) is 1.51. The molecule has 0 spiro atoms. The average molecular weight is 235 g/mol. The van der Waals surface area contributed by atoms with E-state index in [2.05, 4.69) is 10.4 Å². The summed E-state index contributed by atoms with van der Waals surface area (Å²) in [6.07, 6.45) is 9.15. The lowest BCUT2D eigenvalue weighted by Crippen LogP contribution is -2.35. The van der Waals surface area contributed by atoms with Crippen LogP contribution in [0.15, 0.2) is 6.20 Å². The zero-order valence-corrected chi connectivity index (χ0v) is 10.7. The van der Waals surface area contributed by atoms with E-state index in [0.29, 0.717) is 11.7 Å². The van der Waals surface area contributed by atoms with E-state index in [9.17, 15) is 4.79 Å². The van der Waals surface area contributed by atoms with Gasteiger partial charge in [-0.15, -0.1) is 0 Å². The SMILES string of the molecule is Cc1cn(C)nc1C(=O)NC1CCCCCC1. The predicted molar refractivity (Wildman–Crippen MR) is 66.9 cm³/mol. The molecule has 1 saturated carbocycles. The summed E-state index contributed by atoms with van der Waals surface area (Å²) in [5.74, 6) is -0.0185. The summed E-state index contributed by atoms with van der Waals surface area (Å²) in [6.45, 7) is 1.93. The molecule has 0 saturated heterocycles. The molecular formula is C13H21N3O. The Bertz CT molecular complexity index is 389. The van der Waals surface area contributed by atoms with Crippen LogP contribution in [0.4, 0.5) is 0 Å². The first-order valence-corrected chi connectivity index (χ1v) is 6.48. The van der Waals surface area contributed by atoms with Gasteiger partial charge >= 0.3 is 0 Å². The highest BCUT2D eigenvalue weighted by Crippen LogP contribution is 2.17. The number of carbonyl (C=O) groups excluding carboxylic acids is 1. The molecular weight excluding hydrogens is 214 g/mol. The Hall–Kier alpha value is -1.32. The van der Waals surface area contributed by atoms with Gasteiger partial charge in [0.25, 0.3) is 5.91 Å². The molecule has 4 heteroatoms. The van der Waals surface area contributed by atoms with Gasteiger partial charge in [0.1, 0.15) is 0 Å². The molecule has 1 N–H and O–H groups in total. The molecule has 0 aliphatic heterocycles. The fraction of sp³-hybridized carbons (Fsp3) is 0.692. The molecule has 94 valence electrons. The fourth-order valence-electron chi connectivity index (χ4n) is 2.51.